The lowest BCUT2D eigenvalue weighted by Crippen LogP contribution is -2.11. The number of anilines is 3. The summed E-state index contributed by atoms with van der Waals surface area (Å²) in [6.45, 7) is 0. The number of para-hydroxylation sites is 3. The highest BCUT2D eigenvalue weighted by atomic mass is 15.1. The summed E-state index contributed by atoms with van der Waals surface area (Å²) >= 11 is 0. The van der Waals surface area contributed by atoms with E-state index in [0.29, 0.717) is 0 Å². The van der Waals surface area contributed by atoms with Crippen LogP contribution >= 0.6 is 0 Å². The average molecular weight is 713 g/mol. The van der Waals surface area contributed by atoms with Crippen LogP contribution < -0.4 is 4.90 Å². The normalized spacial score (nSPS) is 11.6. The van der Waals surface area contributed by atoms with Crippen molar-refractivity contribution < 1.29 is 0 Å². The zero-order chi connectivity index (χ0) is 37.0. The molecule has 1 heterocycles. The first-order valence-electron chi connectivity index (χ1n) is 19.3. The summed E-state index contributed by atoms with van der Waals surface area (Å²) in [7, 11) is 0. The summed E-state index contributed by atoms with van der Waals surface area (Å²) < 4.78 is 2.39. The molecule has 0 unspecified atom stereocenters. The topological polar surface area (TPSA) is 8.17 Å². The molecule has 56 heavy (non-hydrogen) atoms. The maximum Gasteiger partial charge on any atom is 0.0561 e. The van der Waals surface area contributed by atoms with Crippen LogP contribution in [0, 0.1) is 0 Å². The van der Waals surface area contributed by atoms with Gasteiger partial charge in [0.05, 0.1) is 16.7 Å². The lowest BCUT2D eigenvalue weighted by Gasteiger charge is -2.28. The van der Waals surface area contributed by atoms with Crippen LogP contribution in [0.15, 0.2) is 218 Å². The molecule has 0 spiro atoms. The largest absolute Gasteiger partial charge is 0.310 e. The minimum atomic E-state index is 1.09. The number of aromatic nitrogens is 1. The summed E-state index contributed by atoms with van der Waals surface area (Å²) in [4.78, 5) is 2.42. The summed E-state index contributed by atoms with van der Waals surface area (Å²) in [6, 6.07) is 79.5. The molecule has 0 aliphatic carbocycles. The van der Waals surface area contributed by atoms with Crippen molar-refractivity contribution in [1.29, 1.82) is 0 Å². The second-order valence-electron chi connectivity index (χ2n) is 14.5. The minimum absolute atomic E-state index is 1.09. The fourth-order valence-electron chi connectivity index (χ4n) is 8.72. The molecule has 11 rings (SSSR count). The van der Waals surface area contributed by atoms with Crippen LogP contribution in [0.25, 0.3) is 82.1 Å². The summed E-state index contributed by atoms with van der Waals surface area (Å²) in [5, 5.41) is 10.1. The lowest BCUT2D eigenvalue weighted by atomic mass is 9.94. The number of fused-ring (bicyclic) bond motifs is 8. The second-order valence-corrected chi connectivity index (χ2v) is 14.5. The first kappa shape index (κ1) is 32.0. The Hall–Kier alpha value is -7.42. The SMILES string of the molecule is c1ccc(-c2ccccc2N(c2ccc(-c3ccc4ccc5ccc6ccccc6c5c4c3)cc2)c2ccc3c4ccccc4n(-c4ccccc4)c3c2)cc1. The Labute approximate surface area is 325 Å². The van der Waals surface area contributed by atoms with E-state index < -0.39 is 0 Å². The Balaban J connectivity index is 1.09. The van der Waals surface area contributed by atoms with Gasteiger partial charge in [-0.25, -0.2) is 0 Å². The summed E-state index contributed by atoms with van der Waals surface area (Å²) in [6.07, 6.45) is 0. The zero-order valence-electron chi connectivity index (χ0n) is 30.7. The van der Waals surface area contributed by atoms with Crippen molar-refractivity contribution in [2.75, 3.05) is 4.90 Å². The van der Waals surface area contributed by atoms with Crippen LogP contribution in [-0.2, 0) is 0 Å². The predicted octanol–water partition coefficient (Wildman–Crippen LogP) is 15.0. The molecule has 0 bridgehead atoms. The Morgan fingerprint density at radius 3 is 1.73 bits per heavy atom. The van der Waals surface area contributed by atoms with E-state index in [1.54, 1.807) is 0 Å². The molecule has 0 aliphatic rings. The van der Waals surface area contributed by atoms with Gasteiger partial charge >= 0.3 is 0 Å². The van der Waals surface area contributed by atoms with Crippen molar-refractivity contribution in [3.8, 4) is 27.9 Å². The molecule has 0 saturated heterocycles. The molecule has 0 amide bonds. The zero-order valence-corrected chi connectivity index (χ0v) is 30.7. The molecule has 0 atom stereocenters. The molecular formula is C54H36N2. The lowest BCUT2D eigenvalue weighted by molar-refractivity contribution is 1.18. The first-order chi connectivity index (χ1) is 27.8. The summed E-state index contributed by atoms with van der Waals surface area (Å²) in [5.41, 5.74) is 11.6. The van der Waals surface area contributed by atoms with E-state index >= 15 is 0 Å². The number of benzene rings is 10. The van der Waals surface area contributed by atoms with Crippen molar-refractivity contribution in [2.45, 2.75) is 0 Å². The van der Waals surface area contributed by atoms with Crippen LogP contribution in [0.3, 0.4) is 0 Å². The molecule has 262 valence electrons. The van der Waals surface area contributed by atoms with E-state index in [0.717, 1.165) is 22.7 Å². The average Bonchev–Trinajstić information content (AvgIpc) is 3.61. The van der Waals surface area contributed by atoms with Gasteiger partial charge in [-0.3, -0.25) is 0 Å². The third kappa shape index (κ3) is 5.26. The second kappa shape index (κ2) is 13.2. The Morgan fingerprint density at radius 1 is 0.321 bits per heavy atom. The molecule has 10 aromatic carbocycles. The predicted molar refractivity (Wildman–Crippen MR) is 239 cm³/mol. The van der Waals surface area contributed by atoms with Gasteiger partial charge in [0.25, 0.3) is 0 Å². The molecule has 0 radical (unpaired) electrons. The molecule has 2 nitrogen and oxygen atoms in total. The highest BCUT2D eigenvalue weighted by Crippen LogP contribution is 2.44. The first-order valence-corrected chi connectivity index (χ1v) is 19.3. The van der Waals surface area contributed by atoms with Gasteiger partial charge in [0.2, 0.25) is 0 Å². The monoisotopic (exact) mass is 712 g/mol. The van der Waals surface area contributed by atoms with Crippen molar-refractivity contribution >= 4 is 71.2 Å². The summed E-state index contributed by atoms with van der Waals surface area (Å²) in [5.74, 6) is 0. The van der Waals surface area contributed by atoms with Crippen molar-refractivity contribution in [1.82, 2.24) is 4.57 Å². The Kier molecular flexibility index (Phi) is 7.53. The fourth-order valence-corrected chi connectivity index (χ4v) is 8.72. The number of hydrogen-bond donors (Lipinski definition) is 0. The van der Waals surface area contributed by atoms with E-state index in [2.05, 4.69) is 228 Å². The standard InChI is InChI=1S/C54H36N2/c1-3-13-38(14-4-1)46-18-9-11-21-51(46)55(45-33-34-49-48-20-10-12-22-52(48)56(53(49)36-45)43-16-5-2-6-17-43)44-31-29-37(30-32-44)42-28-25-40-24-27-41-26-23-39-15-7-8-19-47(39)54(41)50(40)35-42/h1-36H. The van der Waals surface area contributed by atoms with Crippen LogP contribution in [0.1, 0.15) is 0 Å². The van der Waals surface area contributed by atoms with E-state index in [1.165, 1.54) is 76.4 Å². The molecule has 1 aromatic heterocycles. The highest BCUT2D eigenvalue weighted by Gasteiger charge is 2.20. The van der Waals surface area contributed by atoms with Crippen molar-refractivity contribution in [2.24, 2.45) is 0 Å². The molecule has 0 aliphatic heterocycles. The third-order valence-corrected chi connectivity index (χ3v) is 11.3. The molecule has 11 aromatic rings. The van der Waals surface area contributed by atoms with Crippen molar-refractivity contribution in [3.05, 3.63) is 218 Å². The van der Waals surface area contributed by atoms with Gasteiger partial charge < -0.3 is 9.47 Å². The molecular weight excluding hydrogens is 677 g/mol. The van der Waals surface area contributed by atoms with Gasteiger partial charge in [-0.05, 0) is 104 Å². The molecule has 0 saturated carbocycles. The minimum Gasteiger partial charge on any atom is -0.310 e. The number of hydrogen-bond acceptors (Lipinski definition) is 1. The van der Waals surface area contributed by atoms with Gasteiger partial charge in [0.15, 0.2) is 0 Å². The van der Waals surface area contributed by atoms with E-state index in [4.69, 9.17) is 0 Å². The van der Waals surface area contributed by atoms with Gasteiger partial charge in [-0.15, -0.1) is 0 Å². The Bertz CT molecular complexity index is 3230. The van der Waals surface area contributed by atoms with Gasteiger partial charge in [0.1, 0.15) is 0 Å². The van der Waals surface area contributed by atoms with E-state index in [-0.39, 0.29) is 0 Å². The Morgan fingerprint density at radius 2 is 0.911 bits per heavy atom. The number of nitrogens with zero attached hydrogens (tertiary/aromatic N) is 2. The third-order valence-electron chi connectivity index (χ3n) is 11.3. The molecule has 2 heteroatoms. The van der Waals surface area contributed by atoms with Gasteiger partial charge in [-0.1, -0.05) is 164 Å². The smallest absolute Gasteiger partial charge is 0.0561 e. The van der Waals surface area contributed by atoms with Gasteiger partial charge in [0, 0.05) is 33.4 Å². The van der Waals surface area contributed by atoms with Crippen LogP contribution in [0.5, 0.6) is 0 Å². The molecule has 0 fully saturated rings. The number of rotatable bonds is 6. The van der Waals surface area contributed by atoms with Gasteiger partial charge in [-0.2, -0.15) is 0 Å². The quantitative estimate of drug-likeness (QED) is 0.156. The van der Waals surface area contributed by atoms with Crippen LogP contribution in [0.4, 0.5) is 17.1 Å². The van der Waals surface area contributed by atoms with Crippen LogP contribution in [0.2, 0.25) is 0 Å². The van der Waals surface area contributed by atoms with E-state index in [9.17, 15) is 0 Å². The molecule has 0 N–H and O–H groups in total. The van der Waals surface area contributed by atoms with Crippen LogP contribution in [-0.4, -0.2) is 4.57 Å². The highest BCUT2D eigenvalue weighted by molar-refractivity contribution is 6.20. The maximum atomic E-state index is 2.42. The maximum absolute atomic E-state index is 2.42. The van der Waals surface area contributed by atoms with E-state index in [1.807, 2.05) is 0 Å². The fraction of sp³-hybridized carbons (Fsp3) is 0. The van der Waals surface area contributed by atoms with Crippen molar-refractivity contribution in [3.63, 3.8) is 0 Å².